The van der Waals surface area contributed by atoms with Gasteiger partial charge in [0.25, 0.3) is 5.91 Å². The van der Waals surface area contributed by atoms with Crippen LogP contribution >= 0.6 is 11.3 Å². The summed E-state index contributed by atoms with van der Waals surface area (Å²) in [6.45, 7) is 5.56. The summed E-state index contributed by atoms with van der Waals surface area (Å²) in [4.78, 5) is 28.9. The van der Waals surface area contributed by atoms with Gasteiger partial charge in [-0.2, -0.15) is 0 Å². The highest BCUT2D eigenvalue weighted by Crippen LogP contribution is 2.24. The van der Waals surface area contributed by atoms with Crippen molar-refractivity contribution < 1.29 is 14.3 Å². The molecule has 0 spiro atoms. The van der Waals surface area contributed by atoms with Gasteiger partial charge in [-0.05, 0) is 32.9 Å². The van der Waals surface area contributed by atoms with E-state index in [-0.39, 0.29) is 12.3 Å². The third-order valence-electron chi connectivity index (χ3n) is 4.17. The van der Waals surface area contributed by atoms with E-state index in [1.165, 1.54) is 16.9 Å². The standard InChI is InChI=1S/C22H22N2O3S/c1-14-4-8-17(9-5-14)22-24-19(13-28-22)12-20(25)27-16(3)21(26)23-18-10-6-15(2)7-11-18/h4-11,13,16H,12H2,1-3H3,(H,23,26)/t16-/m0/s1. The van der Waals surface area contributed by atoms with Crippen LogP contribution in [0.5, 0.6) is 0 Å². The molecule has 0 aliphatic carbocycles. The van der Waals surface area contributed by atoms with Crippen molar-refractivity contribution in [3.63, 3.8) is 0 Å². The summed E-state index contributed by atoms with van der Waals surface area (Å²) < 4.78 is 5.26. The first-order valence-electron chi connectivity index (χ1n) is 8.99. The lowest BCUT2D eigenvalue weighted by Gasteiger charge is -2.13. The summed E-state index contributed by atoms with van der Waals surface area (Å²) >= 11 is 1.48. The van der Waals surface area contributed by atoms with Crippen molar-refractivity contribution in [2.24, 2.45) is 0 Å². The monoisotopic (exact) mass is 394 g/mol. The second-order valence-electron chi connectivity index (χ2n) is 6.67. The smallest absolute Gasteiger partial charge is 0.312 e. The second kappa shape index (κ2) is 8.80. The zero-order chi connectivity index (χ0) is 20.1. The Morgan fingerprint density at radius 3 is 2.29 bits per heavy atom. The van der Waals surface area contributed by atoms with E-state index in [1.807, 2.05) is 67.8 Å². The Kier molecular flexibility index (Phi) is 6.21. The largest absolute Gasteiger partial charge is 0.452 e. The summed E-state index contributed by atoms with van der Waals surface area (Å²) in [5, 5.41) is 5.43. The maximum absolute atomic E-state index is 12.2. The number of hydrogen-bond acceptors (Lipinski definition) is 5. The van der Waals surface area contributed by atoms with Crippen LogP contribution in [0.15, 0.2) is 53.9 Å². The SMILES string of the molecule is Cc1ccc(NC(=O)[C@H](C)OC(=O)Cc2csc(-c3ccc(C)cc3)n2)cc1. The fourth-order valence-corrected chi connectivity index (χ4v) is 3.36. The van der Waals surface area contributed by atoms with E-state index < -0.39 is 12.1 Å². The molecule has 2 aromatic carbocycles. The van der Waals surface area contributed by atoms with Gasteiger partial charge in [0.2, 0.25) is 0 Å². The molecule has 6 heteroatoms. The normalized spacial score (nSPS) is 11.7. The molecular weight excluding hydrogens is 372 g/mol. The maximum atomic E-state index is 12.2. The number of nitrogens with one attached hydrogen (secondary N) is 1. The molecular formula is C22H22N2O3S. The number of aromatic nitrogens is 1. The number of anilines is 1. The van der Waals surface area contributed by atoms with E-state index in [0.717, 1.165) is 16.1 Å². The number of thiazole rings is 1. The minimum atomic E-state index is -0.885. The first-order valence-corrected chi connectivity index (χ1v) is 9.87. The molecule has 5 nitrogen and oxygen atoms in total. The number of hydrogen-bond donors (Lipinski definition) is 1. The summed E-state index contributed by atoms with van der Waals surface area (Å²) in [5.74, 6) is -0.844. The van der Waals surface area contributed by atoms with Gasteiger partial charge in [0, 0.05) is 16.6 Å². The molecule has 1 atom stereocenters. The number of carbonyl (C=O) groups excluding carboxylic acids is 2. The van der Waals surface area contributed by atoms with Crippen molar-refractivity contribution in [1.82, 2.24) is 4.98 Å². The fraction of sp³-hybridized carbons (Fsp3) is 0.227. The lowest BCUT2D eigenvalue weighted by molar-refractivity contribution is -0.152. The number of ether oxygens (including phenoxy) is 1. The molecule has 1 aromatic heterocycles. The van der Waals surface area contributed by atoms with Crippen molar-refractivity contribution in [3.05, 3.63) is 70.7 Å². The third-order valence-corrected chi connectivity index (χ3v) is 5.11. The van der Waals surface area contributed by atoms with E-state index in [9.17, 15) is 9.59 Å². The van der Waals surface area contributed by atoms with Gasteiger partial charge in [0.1, 0.15) is 5.01 Å². The first-order chi connectivity index (χ1) is 13.4. The molecule has 28 heavy (non-hydrogen) atoms. The van der Waals surface area contributed by atoms with Crippen molar-refractivity contribution in [2.75, 3.05) is 5.32 Å². The molecule has 0 saturated carbocycles. The number of nitrogens with zero attached hydrogens (tertiary/aromatic N) is 1. The average molecular weight is 394 g/mol. The van der Waals surface area contributed by atoms with Crippen LogP contribution in [0.2, 0.25) is 0 Å². The van der Waals surface area contributed by atoms with Crippen LogP contribution in [0.1, 0.15) is 23.7 Å². The molecule has 0 bridgehead atoms. The minimum absolute atomic E-state index is 0.0323. The van der Waals surface area contributed by atoms with Gasteiger partial charge in [-0.1, -0.05) is 47.5 Å². The quantitative estimate of drug-likeness (QED) is 0.623. The number of benzene rings is 2. The zero-order valence-electron chi connectivity index (χ0n) is 16.1. The molecule has 0 saturated heterocycles. The predicted octanol–water partition coefficient (Wildman–Crippen LogP) is 4.54. The van der Waals surface area contributed by atoms with E-state index in [1.54, 1.807) is 6.92 Å². The van der Waals surface area contributed by atoms with Gasteiger partial charge in [0.15, 0.2) is 6.10 Å². The van der Waals surface area contributed by atoms with Crippen molar-refractivity contribution >= 4 is 28.9 Å². The predicted molar refractivity (Wildman–Crippen MR) is 111 cm³/mol. The third kappa shape index (κ3) is 5.27. The number of aryl methyl sites for hydroxylation is 2. The summed E-state index contributed by atoms with van der Waals surface area (Å²) in [6, 6.07) is 15.5. The highest BCUT2D eigenvalue weighted by Gasteiger charge is 2.19. The maximum Gasteiger partial charge on any atom is 0.312 e. The topological polar surface area (TPSA) is 68.3 Å². The highest BCUT2D eigenvalue weighted by molar-refractivity contribution is 7.13. The van der Waals surface area contributed by atoms with Crippen LogP contribution in [-0.4, -0.2) is 23.0 Å². The summed E-state index contributed by atoms with van der Waals surface area (Å²) in [7, 11) is 0. The van der Waals surface area contributed by atoms with Crippen LogP contribution in [0.25, 0.3) is 10.6 Å². The second-order valence-corrected chi connectivity index (χ2v) is 7.53. The number of amides is 1. The molecule has 1 heterocycles. The van der Waals surface area contributed by atoms with Gasteiger partial charge in [-0.15, -0.1) is 11.3 Å². The molecule has 1 N–H and O–H groups in total. The highest BCUT2D eigenvalue weighted by atomic mass is 32.1. The van der Waals surface area contributed by atoms with Crippen LogP contribution in [0, 0.1) is 13.8 Å². The van der Waals surface area contributed by atoms with Gasteiger partial charge in [0.05, 0.1) is 12.1 Å². The summed E-state index contributed by atoms with van der Waals surface area (Å²) in [6.07, 6.45) is -0.853. The van der Waals surface area contributed by atoms with Gasteiger partial charge >= 0.3 is 5.97 Å². The molecule has 0 radical (unpaired) electrons. The Balaban J connectivity index is 1.54. The summed E-state index contributed by atoms with van der Waals surface area (Å²) in [5.41, 5.74) is 4.60. The van der Waals surface area contributed by atoms with Crippen LogP contribution in [0.3, 0.4) is 0 Å². The first kappa shape index (κ1) is 19.8. The molecule has 144 valence electrons. The van der Waals surface area contributed by atoms with Crippen LogP contribution < -0.4 is 5.32 Å². The number of carbonyl (C=O) groups is 2. The van der Waals surface area contributed by atoms with Crippen molar-refractivity contribution in [3.8, 4) is 10.6 Å². The average Bonchev–Trinajstić information content (AvgIpc) is 3.12. The van der Waals surface area contributed by atoms with Crippen LogP contribution in [0.4, 0.5) is 5.69 Å². The fourth-order valence-electron chi connectivity index (χ4n) is 2.54. The van der Waals surface area contributed by atoms with E-state index in [0.29, 0.717) is 11.4 Å². The number of esters is 1. The van der Waals surface area contributed by atoms with Gasteiger partial charge in [-0.3, -0.25) is 9.59 Å². The number of rotatable bonds is 6. The van der Waals surface area contributed by atoms with Crippen LogP contribution in [-0.2, 0) is 20.7 Å². The van der Waals surface area contributed by atoms with Gasteiger partial charge in [-0.25, -0.2) is 4.98 Å². The van der Waals surface area contributed by atoms with E-state index in [2.05, 4.69) is 10.3 Å². The van der Waals surface area contributed by atoms with E-state index in [4.69, 9.17) is 4.74 Å². The Morgan fingerprint density at radius 1 is 1.04 bits per heavy atom. The minimum Gasteiger partial charge on any atom is -0.452 e. The Labute approximate surface area is 168 Å². The van der Waals surface area contributed by atoms with Crippen molar-refractivity contribution in [1.29, 1.82) is 0 Å². The molecule has 0 fully saturated rings. The molecule has 3 aromatic rings. The van der Waals surface area contributed by atoms with E-state index >= 15 is 0 Å². The van der Waals surface area contributed by atoms with Gasteiger partial charge < -0.3 is 10.1 Å². The zero-order valence-corrected chi connectivity index (χ0v) is 16.9. The Morgan fingerprint density at radius 2 is 1.64 bits per heavy atom. The van der Waals surface area contributed by atoms with Crippen molar-refractivity contribution in [2.45, 2.75) is 33.3 Å². The molecule has 0 aliphatic rings. The Hall–Kier alpha value is -2.99. The molecule has 0 aliphatic heterocycles. The lowest BCUT2D eigenvalue weighted by atomic mass is 10.2. The Bertz CT molecular complexity index is 962. The molecule has 0 unspecified atom stereocenters. The molecule has 3 rings (SSSR count). The lowest BCUT2D eigenvalue weighted by Crippen LogP contribution is -2.30. The molecule has 1 amide bonds.